The van der Waals surface area contributed by atoms with E-state index in [-0.39, 0.29) is 17.9 Å². The molecule has 3 rings (SSSR count). The molecule has 0 aromatic heterocycles. The molecule has 2 aromatic rings. The van der Waals surface area contributed by atoms with Gasteiger partial charge in [0.1, 0.15) is 5.82 Å². The van der Waals surface area contributed by atoms with Gasteiger partial charge >= 0.3 is 0 Å². The molecule has 20 heavy (non-hydrogen) atoms. The van der Waals surface area contributed by atoms with Gasteiger partial charge in [-0.15, -0.1) is 0 Å². The fraction of sp³-hybridized carbons (Fsp3) is 0.200. The van der Waals surface area contributed by atoms with Crippen LogP contribution in [0.2, 0.25) is 5.02 Å². The molecular formula is C15H13ClFNO2. The first-order valence-corrected chi connectivity index (χ1v) is 6.62. The van der Waals surface area contributed by atoms with E-state index in [1.54, 1.807) is 12.1 Å². The second-order valence-corrected chi connectivity index (χ2v) is 5.01. The summed E-state index contributed by atoms with van der Waals surface area (Å²) in [6.07, 6.45) is 0. The molecule has 1 N–H and O–H groups in total. The van der Waals surface area contributed by atoms with Crippen LogP contribution in [0.3, 0.4) is 0 Å². The predicted molar refractivity (Wildman–Crippen MR) is 76.0 cm³/mol. The lowest BCUT2D eigenvalue weighted by atomic mass is 10.1. The average Bonchev–Trinajstić information content (AvgIpc) is 2.89. The molecule has 0 amide bonds. The van der Waals surface area contributed by atoms with Crippen LogP contribution >= 0.6 is 11.6 Å². The Kier molecular flexibility index (Phi) is 3.40. The summed E-state index contributed by atoms with van der Waals surface area (Å²) >= 11 is 5.80. The molecule has 1 unspecified atom stereocenters. The molecule has 2 aromatic carbocycles. The molecule has 0 saturated heterocycles. The Morgan fingerprint density at radius 2 is 1.95 bits per heavy atom. The number of rotatable bonds is 3. The van der Waals surface area contributed by atoms with Crippen molar-refractivity contribution in [2.75, 3.05) is 12.1 Å². The van der Waals surface area contributed by atoms with Crippen molar-refractivity contribution < 1.29 is 13.9 Å². The van der Waals surface area contributed by atoms with Crippen molar-refractivity contribution in [2.45, 2.75) is 13.0 Å². The highest BCUT2D eigenvalue weighted by atomic mass is 35.5. The van der Waals surface area contributed by atoms with E-state index in [2.05, 4.69) is 5.32 Å². The van der Waals surface area contributed by atoms with Gasteiger partial charge in [-0.25, -0.2) is 4.39 Å². The molecule has 1 aliphatic rings. The van der Waals surface area contributed by atoms with Crippen molar-refractivity contribution >= 4 is 17.3 Å². The van der Waals surface area contributed by atoms with Gasteiger partial charge < -0.3 is 14.8 Å². The molecule has 0 saturated carbocycles. The molecule has 0 spiro atoms. The molecule has 0 radical (unpaired) electrons. The molecule has 0 fully saturated rings. The summed E-state index contributed by atoms with van der Waals surface area (Å²) in [6, 6.07) is 10.4. The van der Waals surface area contributed by atoms with Crippen LogP contribution in [0.25, 0.3) is 0 Å². The zero-order valence-corrected chi connectivity index (χ0v) is 11.6. The van der Waals surface area contributed by atoms with E-state index in [9.17, 15) is 4.39 Å². The van der Waals surface area contributed by atoms with Crippen LogP contribution in [0.4, 0.5) is 10.1 Å². The molecule has 5 heteroatoms. The van der Waals surface area contributed by atoms with Crippen LogP contribution in [0.5, 0.6) is 11.5 Å². The van der Waals surface area contributed by atoms with Crippen LogP contribution in [-0.4, -0.2) is 6.79 Å². The molecular weight excluding hydrogens is 281 g/mol. The number of hydrogen-bond donors (Lipinski definition) is 1. The molecule has 1 aliphatic heterocycles. The van der Waals surface area contributed by atoms with Gasteiger partial charge in [-0.1, -0.05) is 17.7 Å². The molecule has 1 heterocycles. The normalized spacial score (nSPS) is 14.2. The van der Waals surface area contributed by atoms with Crippen LogP contribution in [0, 0.1) is 5.82 Å². The number of nitrogens with one attached hydrogen (secondary N) is 1. The topological polar surface area (TPSA) is 30.5 Å². The summed E-state index contributed by atoms with van der Waals surface area (Å²) in [6.45, 7) is 2.23. The third-order valence-corrected chi connectivity index (χ3v) is 3.49. The zero-order valence-electron chi connectivity index (χ0n) is 10.8. The lowest BCUT2D eigenvalue weighted by molar-refractivity contribution is 0.174. The number of hydrogen-bond acceptors (Lipinski definition) is 3. The highest BCUT2D eigenvalue weighted by Crippen LogP contribution is 2.35. The summed E-state index contributed by atoms with van der Waals surface area (Å²) in [5.74, 6) is 1.05. The van der Waals surface area contributed by atoms with Crippen molar-refractivity contribution in [3.05, 3.63) is 52.8 Å². The van der Waals surface area contributed by atoms with E-state index in [1.807, 2.05) is 25.1 Å². The summed E-state index contributed by atoms with van der Waals surface area (Å²) in [5.41, 5.74) is 1.82. The summed E-state index contributed by atoms with van der Waals surface area (Å²) < 4.78 is 23.7. The minimum atomic E-state index is -0.411. The molecule has 3 nitrogen and oxygen atoms in total. The number of benzene rings is 2. The summed E-state index contributed by atoms with van der Waals surface area (Å²) in [7, 11) is 0. The van der Waals surface area contributed by atoms with Gasteiger partial charge in [0.05, 0.1) is 5.02 Å². The van der Waals surface area contributed by atoms with E-state index in [0.29, 0.717) is 0 Å². The first kappa shape index (κ1) is 13.1. The Bertz CT molecular complexity index is 648. The highest BCUT2D eigenvalue weighted by molar-refractivity contribution is 6.30. The third-order valence-electron chi connectivity index (χ3n) is 3.20. The number of anilines is 1. The molecule has 0 aliphatic carbocycles. The minimum absolute atomic E-state index is 0.00604. The Labute approximate surface area is 121 Å². The van der Waals surface area contributed by atoms with Gasteiger partial charge in [0.15, 0.2) is 11.5 Å². The summed E-state index contributed by atoms with van der Waals surface area (Å²) in [5, 5.41) is 3.44. The number of fused-ring (bicyclic) bond motifs is 1. The number of ether oxygens (including phenoxy) is 2. The molecule has 0 bridgehead atoms. The van der Waals surface area contributed by atoms with E-state index in [4.69, 9.17) is 21.1 Å². The largest absolute Gasteiger partial charge is 0.454 e. The maximum atomic E-state index is 13.2. The van der Waals surface area contributed by atoms with Crippen molar-refractivity contribution in [3.63, 3.8) is 0 Å². The standard InChI is InChI=1S/C15H13ClFNO2/c1-9(10-2-4-13(17)12(16)6-10)18-11-3-5-14-15(7-11)20-8-19-14/h2-7,9,18H,8H2,1H3. The Morgan fingerprint density at radius 1 is 1.15 bits per heavy atom. The zero-order chi connectivity index (χ0) is 14.1. The van der Waals surface area contributed by atoms with E-state index >= 15 is 0 Å². The SMILES string of the molecule is CC(Nc1ccc2c(c1)OCO2)c1ccc(F)c(Cl)c1. The third kappa shape index (κ3) is 2.51. The average molecular weight is 294 g/mol. The maximum Gasteiger partial charge on any atom is 0.231 e. The van der Waals surface area contributed by atoms with Crippen molar-refractivity contribution in [2.24, 2.45) is 0 Å². The highest BCUT2D eigenvalue weighted by Gasteiger charge is 2.14. The minimum Gasteiger partial charge on any atom is -0.454 e. The predicted octanol–water partition coefficient (Wildman–Crippen LogP) is 4.38. The van der Waals surface area contributed by atoms with Gasteiger partial charge in [-0.3, -0.25) is 0 Å². The lowest BCUT2D eigenvalue weighted by Gasteiger charge is -2.16. The number of halogens is 2. The van der Waals surface area contributed by atoms with Gasteiger partial charge in [0, 0.05) is 17.8 Å². The Morgan fingerprint density at radius 3 is 2.75 bits per heavy atom. The molecule has 1 atom stereocenters. The second kappa shape index (κ2) is 5.21. The summed E-state index contributed by atoms with van der Waals surface area (Å²) in [4.78, 5) is 0. The molecule has 104 valence electrons. The Balaban J connectivity index is 1.78. The van der Waals surface area contributed by atoms with E-state index < -0.39 is 5.82 Å². The second-order valence-electron chi connectivity index (χ2n) is 4.61. The first-order valence-electron chi connectivity index (χ1n) is 6.24. The van der Waals surface area contributed by atoms with Crippen molar-refractivity contribution in [1.82, 2.24) is 0 Å². The van der Waals surface area contributed by atoms with Crippen LogP contribution in [0.15, 0.2) is 36.4 Å². The van der Waals surface area contributed by atoms with Crippen LogP contribution in [-0.2, 0) is 0 Å². The van der Waals surface area contributed by atoms with E-state index in [1.165, 1.54) is 6.07 Å². The van der Waals surface area contributed by atoms with Crippen molar-refractivity contribution in [1.29, 1.82) is 0 Å². The van der Waals surface area contributed by atoms with Gasteiger partial charge in [0.25, 0.3) is 0 Å². The maximum absolute atomic E-state index is 13.2. The first-order chi connectivity index (χ1) is 9.63. The van der Waals surface area contributed by atoms with Gasteiger partial charge in [-0.2, -0.15) is 0 Å². The smallest absolute Gasteiger partial charge is 0.231 e. The van der Waals surface area contributed by atoms with Crippen molar-refractivity contribution in [3.8, 4) is 11.5 Å². The van der Waals surface area contributed by atoms with E-state index in [0.717, 1.165) is 22.7 Å². The monoisotopic (exact) mass is 293 g/mol. The van der Waals surface area contributed by atoms with Crippen LogP contribution < -0.4 is 14.8 Å². The Hall–Kier alpha value is -1.94. The lowest BCUT2D eigenvalue weighted by Crippen LogP contribution is -2.06. The fourth-order valence-electron chi connectivity index (χ4n) is 2.10. The van der Waals surface area contributed by atoms with Crippen LogP contribution in [0.1, 0.15) is 18.5 Å². The quantitative estimate of drug-likeness (QED) is 0.911. The van der Waals surface area contributed by atoms with Gasteiger partial charge in [-0.05, 0) is 36.8 Å². The fourth-order valence-corrected chi connectivity index (χ4v) is 2.29. The van der Waals surface area contributed by atoms with Gasteiger partial charge in [0.2, 0.25) is 6.79 Å².